The molecule has 0 spiro atoms. The van der Waals surface area contributed by atoms with Gasteiger partial charge in [-0.1, -0.05) is 0 Å². The average Bonchev–Trinajstić information content (AvgIpc) is 2.28. The third-order valence-corrected chi connectivity index (χ3v) is 3.80. The second kappa shape index (κ2) is 5.18. The van der Waals surface area contributed by atoms with Crippen molar-refractivity contribution in [2.45, 2.75) is 18.9 Å². The maximum absolute atomic E-state index is 10.7. The highest BCUT2D eigenvalue weighted by Crippen LogP contribution is 2.28. The highest BCUT2D eigenvalue weighted by atomic mass is 127. The largest absolute Gasteiger partial charge is 0.369 e. The van der Waals surface area contributed by atoms with Gasteiger partial charge < -0.3 is 10.6 Å². The van der Waals surface area contributed by atoms with Gasteiger partial charge in [0.15, 0.2) is 0 Å². The van der Waals surface area contributed by atoms with E-state index in [1.165, 1.54) is 0 Å². The van der Waals surface area contributed by atoms with Crippen molar-refractivity contribution >= 4 is 34.0 Å². The minimum atomic E-state index is -0.367. The van der Waals surface area contributed by atoms with Crippen molar-refractivity contribution in [3.05, 3.63) is 31.9 Å². The van der Waals surface area contributed by atoms with E-state index in [0.29, 0.717) is 0 Å². The molecule has 0 aliphatic carbocycles. The van der Waals surface area contributed by atoms with Crippen LogP contribution < -0.4 is 10.6 Å². The van der Waals surface area contributed by atoms with Crippen LogP contribution in [0, 0.1) is 13.7 Å². The fourth-order valence-electron chi connectivity index (χ4n) is 2.09. The number of nitro benzene ring substituents is 1. The monoisotopic (exact) mass is 347 g/mol. The second-order valence-corrected chi connectivity index (χ2v) is 5.40. The Kier molecular flexibility index (Phi) is 3.82. The number of halogens is 1. The van der Waals surface area contributed by atoms with Crippen LogP contribution in [-0.2, 0) is 0 Å². The first-order valence-electron chi connectivity index (χ1n) is 5.52. The van der Waals surface area contributed by atoms with Gasteiger partial charge in [-0.15, -0.1) is 0 Å². The van der Waals surface area contributed by atoms with E-state index in [1.807, 2.05) is 6.07 Å². The van der Waals surface area contributed by atoms with E-state index < -0.39 is 0 Å². The number of hydrogen-bond acceptors (Lipinski definition) is 4. The van der Waals surface area contributed by atoms with Crippen molar-refractivity contribution in [1.29, 1.82) is 0 Å². The van der Waals surface area contributed by atoms with E-state index in [0.717, 1.165) is 35.2 Å². The van der Waals surface area contributed by atoms with Gasteiger partial charge in [0, 0.05) is 34.8 Å². The molecular formula is C11H14IN3O2. The highest BCUT2D eigenvalue weighted by molar-refractivity contribution is 14.1. The first-order valence-corrected chi connectivity index (χ1v) is 6.60. The summed E-state index contributed by atoms with van der Waals surface area (Å²) in [7, 11) is 0. The fraction of sp³-hybridized carbons (Fsp3) is 0.455. The molecule has 1 fully saturated rings. The molecule has 0 saturated carbocycles. The zero-order chi connectivity index (χ0) is 12.4. The van der Waals surface area contributed by atoms with Gasteiger partial charge in [0.05, 0.1) is 10.6 Å². The number of nitrogens with two attached hydrogens (primary N) is 1. The average molecular weight is 347 g/mol. The van der Waals surface area contributed by atoms with Gasteiger partial charge in [0.25, 0.3) is 5.69 Å². The molecule has 2 N–H and O–H groups in total. The number of benzene rings is 1. The molecule has 0 radical (unpaired) electrons. The molecular weight excluding hydrogens is 333 g/mol. The predicted octanol–water partition coefficient (Wildman–Crippen LogP) is 2.13. The molecule has 0 unspecified atom stereocenters. The van der Waals surface area contributed by atoms with E-state index in [1.54, 1.807) is 12.1 Å². The lowest BCUT2D eigenvalue weighted by molar-refractivity contribution is -0.384. The molecule has 2 rings (SSSR count). The summed E-state index contributed by atoms with van der Waals surface area (Å²) in [5, 5.41) is 10.7. The van der Waals surface area contributed by atoms with Gasteiger partial charge in [-0.05, 0) is 41.5 Å². The van der Waals surface area contributed by atoms with Crippen molar-refractivity contribution in [3.8, 4) is 0 Å². The maximum Gasteiger partial charge on any atom is 0.270 e. The molecule has 1 aromatic rings. The zero-order valence-electron chi connectivity index (χ0n) is 9.30. The summed E-state index contributed by atoms with van der Waals surface area (Å²) in [6, 6.07) is 5.18. The topological polar surface area (TPSA) is 72.4 Å². The third-order valence-electron chi connectivity index (χ3n) is 2.94. The molecule has 1 saturated heterocycles. The molecule has 0 aromatic heterocycles. The molecule has 6 heteroatoms. The number of non-ortho nitro benzene ring substituents is 1. The number of piperidine rings is 1. The summed E-state index contributed by atoms with van der Waals surface area (Å²) in [5.41, 5.74) is 7.12. The molecule has 1 atom stereocenters. The van der Waals surface area contributed by atoms with Crippen LogP contribution in [0.2, 0.25) is 0 Å². The minimum Gasteiger partial charge on any atom is -0.369 e. The van der Waals surface area contributed by atoms with Gasteiger partial charge in [-0.2, -0.15) is 0 Å². The molecule has 1 aliphatic rings. The Morgan fingerprint density at radius 3 is 2.88 bits per heavy atom. The van der Waals surface area contributed by atoms with Crippen LogP contribution in [0.5, 0.6) is 0 Å². The van der Waals surface area contributed by atoms with E-state index in [2.05, 4.69) is 27.5 Å². The summed E-state index contributed by atoms with van der Waals surface area (Å²) < 4.78 is 0.908. The van der Waals surface area contributed by atoms with Gasteiger partial charge in [-0.25, -0.2) is 0 Å². The van der Waals surface area contributed by atoms with Crippen LogP contribution in [0.25, 0.3) is 0 Å². The van der Waals surface area contributed by atoms with Crippen LogP contribution in [0.3, 0.4) is 0 Å². The molecule has 5 nitrogen and oxygen atoms in total. The van der Waals surface area contributed by atoms with Crippen molar-refractivity contribution in [3.63, 3.8) is 0 Å². The first-order chi connectivity index (χ1) is 8.08. The Bertz CT molecular complexity index is 439. The number of nitro groups is 1. The SMILES string of the molecule is N[C@@H]1CCCN(c2ccc([N+](=O)[O-])cc2I)C1. The van der Waals surface area contributed by atoms with Crippen LogP contribution in [0.15, 0.2) is 18.2 Å². The van der Waals surface area contributed by atoms with E-state index in [9.17, 15) is 10.1 Å². The van der Waals surface area contributed by atoms with E-state index in [4.69, 9.17) is 5.73 Å². The Morgan fingerprint density at radius 2 is 2.29 bits per heavy atom. The van der Waals surface area contributed by atoms with Crippen LogP contribution in [-0.4, -0.2) is 24.1 Å². The molecule has 0 bridgehead atoms. The lowest BCUT2D eigenvalue weighted by Gasteiger charge is -2.33. The van der Waals surface area contributed by atoms with Crippen LogP contribution in [0.1, 0.15) is 12.8 Å². The van der Waals surface area contributed by atoms with E-state index >= 15 is 0 Å². The lowest BCUT2D eigenvalue weighted by Crippen LogP contribution is -2.43. The maximum atomic E-state index is 10.7. The molecule has 0 amide bonds. The second-order valence-electron chi connectivity index (χ2n) is 4.24. The van der Waals surface area contributed by atoms with Crippen molar-refractivity contribution < 1.29 is 4.92 Å². The third kappa shape index (κ3) is 2.86. The zero-order valence-corrected chi connectivity index (χ0v) is 11.5. The fourth-order valence-corrected chi connectivity index (χ4v) is 2.93. The first kappa shape index (κ1) is 12.6. The number of rotatable bonds is 2. The number of nitrogens with zero attached hydrogens (tertiary/aromatic N) is 2. The summed E-state index contributed by atoms with van der Waals surface area (Å²) >= 11 is 2.14. The quantitative estimate of drug-likeness (QED) is 0.505. The molecule has 1 aliphatic heterocycles. The predicted molar refractivity (Wildman–Crippen MR) is 75.2 cm³/mol. The van der Waals surface area contributed by atoms with Crippen LogP contribution in [0.4, 0.5) is 11.4 Å². The summed E-state index contributed by atoms with van der Waals surface area (Å²) in [4.78, 5) is 12.5. The number of anilines is 1. The molecule has 92 valence electrons. The van der Waals surface area contributed by atoms with Gasteiger partial charge in [0.2, 0.25) is 0 Å². The van der Waals surface area contributed by atoms with Crippen molar-refractivity contribution in [2.75, 3.05) is 18.0 Å². The Hall–Kier alpha value is -0.890. The summed E-state index contributed by atoms with van der Waals surface area (Å²) in [5.74, 6) is 0. The number of hydrogen-bond donors (Lipinski definition) is 1. The highest BCUT2D eigenvalue weighted by Gasteiger charge is 2.19. The summed E-state index contributed by atoms with van der Waals surface area (Å²) in [6.45, 7) is 1.80. The van der Waals surface area contributed by atoms with Gasteiger partial charge >= 0.3 is 0 Å². The molecule has 1 heterocycles. The van der Waals surface area contributed by atoms with Gasteiger partial charge in [-0.3, -0.25) is 10.1 Å². The lowest BCUT2D eigenvalue weighted by atomic mass is 10.1. The van der Waals surface area contributed by atoms with E-state index in [-0.39, 0.29) is 16.7 Å². The Balaban J connectivity index is 2.23. The van der Waals surface area contributed by atoms with Crippen molar-refractivity contribution in [2.24, 2.45) is 5.73 Å². The summed E-state index contributed by atoms with van der Waals surface area (Å²) in [6.07, 6.45) is 2.13. The Morgan fingerprint density at radius 1 is 1.53 bits per heavy atom. The minimum absolute atomic E-state index is 0.138. The Labute approximate surface area is 113 Å². The van der Waals surface area contributed by atoms with Gasteiger partial charge in [0.1, 0.15) is 0 Å². The smallest absolute Gasteiger partial charge is 0.270 e. The molecule has 1 aromatic carbocycles. The standard InChI is InChI=1S/C11H14IN3O2/c12-10-6-9(15(16)17)3-4-11(10)14-5-1-2-8(13)7-14/h3-4,6,8H,1-2,5,7,13H2/t8-/m1/s1. The van der Waals surface area contributed by atoms with Crippen LogP contribution >= 0.6 is 22.6 Å². The molecule has 17 heavy (non-hydrogen) atoms. The van der Waals surface area contributed by atoms with Crippen molar-refractivity contribution in [1.82, 2.24) is 0 Å². The normalized spacial score (nSPS) is 20.4.